The quantitative estimate of drug-likeness (QED) is 0.648. The molecule has 1 aromatic rings. The van der Waals surface area contributed by atoms with Crippen LogP contribution in [0, 0.1) is 0 Å². The molecule has 0 aliphatic heterocycles. The predicted molar refractivity (Wildman–Crippen MR) is 75.0 cm³/mol. The molecule has 0 saturated carbocycles. The van der Waals surface area contributed by atoms with E-state index in [1.54, 1.807) is 20.1 Å². The fourth-order valence-corrected chi connectivity index (χ4v) is 1.78. The number of halogens is 1. The van der Waals surface area contributed by atoms with Gasteiger partial charge in [-0.05, 0) is 19.1 Å². The van der Waals surface area contributed by atoms with E-state index >= 15 is 0 Å². The van der Waals surface area contributed by atoms with E-state index in [1.807, 2.05) is 18.2 Å². The van der Waals surface area contributed by atoms with Crippen molar-refractivity contribution in [3.8, 4) is 5.75 Å². The van der Waals surface area contributed by atoms with Crippen LogP contribution in [-0.4, -0.2) is 26.2 Å². The van der Waals surface area contributed by atoms with Gasteiger partial charge < -0.3 is 14.8 Å². The van der Waals surface area contributed by atoms with Crippen LogP contribution in [0.4, 0.5) is 5.69 Å². The number of methoxy groups -OCH3 is 1. The van der Waals surface area contributed by atoms with Gasteiger partial charge in [0.05, 0.1) is 13.7 Å². The molecule has 0 aromatic heterocycles. The highest BCUT2D eigenvalue weighted by Crippen LogP contribution is 2.24. The fraction of sp³-hybridized carbons (Fsp3) is 0.308. The average Bonchev–Trinajstić information content (AvgIpc) is 2.34. The van der Waals surface area contributed by atoms with Gasteiger partial charge in [0.15, 0.2) is 0 Å². The summed E-state index contributed by atoms with van der Waals surface area (Å²) < 4.78 is 10.8. The molecule has 0 fully saturated rings. The summed E-state index contributed by atoms with van der Waals surface area (Å²) in [6.07, 6.45) is 3.12. The predicted octanol–water partition coefficient (Wildman–Crippen LogP) is 2.99. The summed E-state index contributed by atoms with van der Waals surface area (Å²) in [6.45, 7) is 2.70. The fourth-order valence-electron chi connectivity index (χ4n) is 1.30. The lowest BCUT2D eigenvalue weighted by Crippen LogP contribution is -2.02. The molecule has 0 aliphatic rings. The van der Waals surface area contributed by atoms with Crippen LogP contribution in [0.25, 0.3) is 0 Å². The average molecular weight is 314 g/mol. The molecule has 18 heavy (non-hydrogen) atoms. The van der Waals surface area contributed by atoms with E-state index in [2.05, 4.69) is 21.2 Å². The van der Waals surface area contributed by atoms with E-state index in [1.165, 1.54) is 6.08 Å². The zero-order valence-corrected chi connectivity index (χ0v) is 12.0. The Kier molecular flexibility index (Phi) is 6.28. The molecule has 0 radical (unpaired) electrons. The number of carbonyl (C=O) groups excluding carboxylic acids is 1. The van der Waals surface area contributed by atoms with E-state index in [-0.39, 0.29) is 5.97 Å². The van der Waals surface area contributed by atoms with Crippen molar-refractivity contribution < 1.29 is 14.3 Å². The van der Waals surface area contributed by atoms with Gasteiger partial charge in [0, 0.05) is 28.8 Å². The summed E-state index contributed by atoms with van der Waals surface area (Å²) in [7, 11) is 1.62. The Labute approximate surface area is 115 Å². The molecule has 0 bridgehead atoms. The van der Waals surface area contributed by atoms with Gasteiger partial charge in [0.25, 0.3) is 0 Å². The SMILES string of the molecule is CCOC(=O)/C=C/CNc1cc(Br)cc(OC)c1. The molecule has 5 heteroatoms. The van der Waals surface area contributed by atoms with Crippen molar-refractivity contribution in [2.75, 3.05) is 25.6 Å². The van der Waals surface area contributed by atoms with Crippen LogP contribution >= 0.6 is 15.9 Å². The van der Waals surface area contributed by atoms with Gasteiger partial charge in [-0.2, -0.15) is 0 Å². The number of hydrogen-bond donors (Lipinski definition) is 1. The summed E-state index contributed by atoms with van der Waals surface area (Å²) in [4.78, 5) is 11.0. The second-order valence-corrected chi connectivity index (χ2v) is 4.33. The highest BCUT2D eigenvalue weighted by molar-refractivity contribution is 9.10. The van der Waals surface area contributed by atoms with Crippen molar-refractivity contribution in [3.05, 3.63) is 34.8 Å². The van der Waals surface area contributed by atoms with E-state index < -0.39 is 0 Å². The van der Waals surface area contributed by atoms with Crippen LogP contribution < -0.4 is 10.1 Å². The first-order valence-electron chi connectivity index (χ1n) is 5.57. The highest BCUT2D eigenvalue weighted by Gasteiger charge is 1.98. The number of ether oxygens (including phenoxy) is 2. The van der Waals surface area contributed by atoms with Gasteiger partial charge in [0.1, 0.15) is 5.75 Å². The van der Waals surface area contributed by atoms with Crippen molar-refractivity contribution in [2.24, 2.45) is 0 Å². The van der Waals surface area contributed by atoms with Gasteiger partial charge in [-0.15, -0.1) is 0 Å². The van der Waals surface area contributed by atoms with E-state index in [4.69, 9.17) is 9.47 Å². The number of carbonyl (C=O) groups is 1. The van der Waals surface area contributed by atoms with Crippen molar-refractivity contribution in [3.63, 3.8) is 0 Å². The summed E-state index contributed by atoms with van der Waals surface area (Å²) in [5, 5.41) is 3.15. The third kappa shape index (κ3) is 5.23. The molecule has 1 rings (SSSR count). The zero-order chi connectivity index (χ0) is 13.4. The monoisotopic (exact) mass is 313 g/mol. The molecule has 0 atom stereocenters. The molecule has 0 spiro atoms. The Bertz CT molecular complexity index is 432. The van der Waals surface area contributed by atoms with Crippen molar-refractivity contribution in [1.29, 1.82) is 0 Å². The molecule has 0 aliphatic carbocycles. The zero-order valence-electron chi connectivity index (χ0n) is 10.4. The van der Waals surface area contributed by atoms with Crippen molar-refractivity contribution in [1.82, 2.24) is 0 Å². The molecule has 98 valence electrons. The first-order chi connectivity index (χ1) is 8.65. The molecule has 0 saturated heterocycles. The van der Waals surface area contributed by atoms with Gasteiger partial charge >= 0.3 is 5.97 Å². The largest absolute Gasteiger partial charge is 0.497 e. The minimum Gasteiger partial charge on any atom is -0.497 e. The second kappa shape index (κ2) is 7.76. The first kappa shape index (κ1) is 14.6. The minimum absolute atomic E-state index is 0.328. The number of esters is 1. The summed E-state index contributed by atoms with van der Waals surface area (Å²) >= 11 is 3.39. The number of rotatable bonds is 6. The smallest absolute Gasteiger partial charge is 0.330 e. The Morgan fingerprint density at radius 3 is 2.89 bits per heavy atom. The van der Waals surface area contributed by atoms with Gasteiger partial charge in [-0.25, -0.2) is 4.79 Å². The van der Waals surface area contributed by atoms with Crippen LogP contribution in [0.15, 0.2) is 34.8 Å². The number of anilines is 1. The van der Waals surface area contributed by atoms with Crippen LogP contribution in [0.1, 0.15) is 6.92 Å². The second-order valence-electron chi connectivity index (χ2n) is 3.42. The van der Waals surface area contributed by atoms with E-state index in [0.29, 0.717) is 13.2 Å². The molecule has 0 amide bonds. The Hall–Kier alpha value is -1.49. The normalized spacial score (nSPS) is 10.4. The molecule has 1 N–H and O–H groups in total. The lowest BCUT2D eigenvalue weighted by molar-refractivity contribution is -0.137. The topological polar surface area (TPSA) is 47.6 Å². The van der Waals surface area contributed by atoms with Gasteiger partial charge in [-0.1, -0.05) is 22.0 Å². The first-order valence-corrected chi connectivity index (χ1v) is 6.36. The Morgan fingerprint density at radius 1 is 1.44 bits per heavy atom. The lowest BCUT2D eigenvalue weighted by atomic mass is 10.3. The summed E-state index contributed by atoms with van der Waals surface area (Å²) in [6, 6.07) is 5.68. The third-order valence-electron chi connectivity index (χ3n) is 2.07. The van der Waals surface area contributed by atoms with Crippen LogP contribution in [0.3, 0.4) is 0 Å². The van der Waals surface area contributed by atoms with E-state index in [0.717, 1.165) is 15.9 Å². The third-order valence-corrected chi connectivity index (χ3v) is 2.53. The maximum absolute atomic E-state index is 11.0. The Balaban J connectivity index is 2.48. The van der Waals surface area contributed by atoms with Crippen LogP contribution in [0.2, 0.25) is 0 Å². The van der Waals surface area contributed by atoms with Gasteiger partial charge in [-0.3, -0.25) is 0 Å². The molecular weight excluding hydrogens is 298 g/mol. The molecule has 1 aromatic carbocycles. The van der Waals surface area contributed by atoms with Crippen molar-refractivity contribution in [2.45, 2.75) is 6.92 Å². The van der Waals surface area contributed by atoms with Crippen molar-refractivity contribution >= 4 is 27.6 Å². The summed E-state index contributed by atoms with van der Waals surface area (Å²) in [5.74, 6) is 0.437. The lowest BCUT2D eigenvalue weighted by Gasteiger charge is -2.07. The number of benzene rings is 1. The molecule has 0 heterocycles. The highest BCUT2D eigenvalue weighted by atomic mass is 79.9. The standard InChI is InChI=1S/C13H16BrNO3/c1-3-18-13(16)5-4-6-15-11-7-10(14)8-12(9-11)17-2/h4-5,7-9,15H,3,6H2,1-2H3/b5-4+. The van der Waals surface area contributed by atoms with Crippen LogP contribution in [-0.2, 0) is 9.53 Å². The number of hydrogen-bond acceptors (Lipinski definition) is 4. The van der Waals surface area contributed by atoms with Crippen LogP contribution in [0.5, 0.6) is 5.75 Å². The number of nitrogens with one attached hydrogen (secondary N) is 1. The molecule has 4 nitrogen and oxygen atoms in total. The Morgan fingerprint density at radius 2 is 2.22 bits per heavy atom. The molecular formula is C13H16BrNO3. The maximum atomic E-state index is 11.0. The van der Waals surface area contributed by atoms with E-state index in [9.17, 15) is 4.79 Å². The minimum atomic E-state index is -0.328. The maximum Gasteiger partial charge on any atom is 0.330 e. The molecule has 0 unspecified atom stereocenters. The summed E-state index contributed by atoms with van der Waals surface area (Å²) in [5.41, 5.74) is 0.912. The van der Waals surface area contributed by atoms with Gasteiger partial charge in [0.2, 0.25) is 0 Å².